The number of nitrogens with one attached hydrogen (secondary N) is 1. The van der Waals surface area contributed by atoms with Crippen LogP contribution in [0.25, 0.3) is 0 Å². The SMILES string of the molecule is CSCC[C@@H](NS(=O)(=O)c1cc(Br)sc1C)C(=O)O. The van der Waals surface area contributed by atoms with E-state index in [1.54, 1.807) is 6.92 Å². The molecule has 0 amide bonds. The van der Waals surface area contributed by atoms with Crippen LogP contribution in [0.15, 0.2) is 14.7 Å². The molecule has 0 aliphatic rings. The van der Waals surface area contributed by atoms with Gasteiger partial charge in [-0.15, -0.1) is 11.3 Å². The molecule has 1 rings (SSSR count). The Morgan fingerprint density at radius 3 is 2.68 bits per heavy atom. The third kappa shape index (κ3) is 4.75. The zero-order valence-corrected chi connectivity index (χ0v) is 14.4. The van der Waals surface area contributed by atoms with Crippen molar-refractivity contribution in [3.8, 4) is 0 Å². The number of carbonyl (C=O) groups is 1. The summed E-state index contributed by atoms with van der Waals surface area (Å²) in [6.07, 6.45) is 2.09. The van der Waals surface area contributed by atoms with Crippen LogP contribution in [-0.4, -0.2) is 37.5 Å². The van der Waals surface area contributed by atoms with Gasteiger partial charge < -0.3 is 5.11 Å². The van der Waals surface area contributed by atoms with Crippen molar-refractivity contribution in [3.63, 3.8) is 0 Å². The summed E-state index contributed by atoms with van der Waals surface area (Å²) in [6, 6.07) is 0.381. The second-order valence-corrected chi connectivity index (χ2v) is 9.07. The molecule has 19 heavy (non-hydrogen) atoms. The number of carboxylic acid groups (broad SMARTS) is 1. The van der Waals surface area contributed by atoms with Crippen molar-refractivity contribution in [3.05, 3.63) is 14.7 Å². The van der Waals surface area contributed by atoms with Crippen LogP contribution in [0, 0.1) is 6.92 Å². The molecule has 0 aliphatic carbocycles. The lowest BCUT2D eigenvalue weighted by Crippen LogP contribution is -2.41. The summed E-state index contributed by atoms with van der Waals surface area (Å²) in [7, 11) is -3.80. The molecule has 9 heteroatoms. The summed E-state index contributed by atoms with van der Waals surface area (Å²) in [4.78, 5) is 11.8. The number of halogens is 1. The number of sulfonamides is 1. The van der Waals surface area contributed by atoms with Crippen molar-refractivity contribution < 1.29 is 18.3 Å². The van der Waals surface area contributed by atoms with Gasteiger partial charge >= 0.3 is 5.97 Å². The number of aliphatic carboxylic acids is 1. The second kappa shape index (κ2) is 7.07. The highest BCUT2D eigenvalue weighted by molar-refractivity contribution is 9.11. The molecule has 1 aromatic heterocycles. The highest BCUT2D eigenvalue weighted by Crippen LogP contribution is 2.29. The molecule has 108 valence electrons. The largest absolute Gasteiger partial charge is 0.480 e. The van der Waals surface area contributed by atoms with Crippen LogP contribution in [0.1, 0.15) is 11.3 Å². The first-order valence-electron chi connectivity index (χ1n) is 5.28. The van der Waals surface area contributed by atoms with Crippen molar-refractivity contribution in [2.75, 3.05) is 12.0 Å². The second-order valence-electron chi connectivity index (χ2n) is 3.76. The van der Waals surface area contributed by atoms with Gasteiger partial charge in [0.2, 0.25) is 10.0 Å². The predicted molar refractivity (Wildman–Crippen MR) is 81.5 cm³/mol. The van der Waals surface area contributed by atoms with E-state index in [-0.39, 0.29) is 11.3 Å². The van der Waals surface area contributed by atoms with Gasteiger partial charge in [-0.1, -0.05) is 0 Å². The molecule has 0 bridgehead atoms. The summed E-state index contributed by atoms with van der Waals surface area (Å²) in [5, 5.41) is 9.04. The van der Waals surface area contributed by atoms with Gasteiger partial charge in [0.25, 0.3) is 0 Å². The first kappa shape index (κ1) is 17.0. The summed E-state index contributed by atoms with van der Waals surface area (Å²) < 4.78 is 27.2. The van der Waals surface area contributed by atoms with E-state index >= 15 is 0 Å². The van der Waals surface area contributed by atoms with E-state index < -0.39 is 22.0 Å². The van der Waals surface area contributed by atoms with Crippen LogP contribution in [0.3, 0.4) is 0 Å². The first-order valence-corrected chi connectivity index (χ1v) is 9.76. The Morgan fingerprint density at radius 2 is 2.26 bits per heavy atom. The summed E-state index contributed by atoms with van der Waals surface area (Å²) in [6.45, 7) is 1.68. The highest BCUT2D eigenvalue weighted by Gasteiger charge is 2.27. The molecule has 0 saturated carbocycles. The number of hydrogen-bond acceptors (Lipinski definition) is 5. The Morgan fingerprint density at radius 1 is 1.63 bits per heavy atom. The minimum Gasteiger partial charge on any atom is -0.480 e. The number of carboxylic acids is 1. The van der Waals surface area contributed by atoms with Gasteiger partial charge in [0.15, 0.2) is 0 Å². The Bertz CT molecular complexity index is 555. The number of aryl methyl sites for hydroxylation is 1. The van der Waals surface area contributed by atoms with Crippen molar-refractivity contribution in [1.82, 2.24) is 4.72 Å². The van der Waals surface area contributed by atoms with E-state index in [9.17, 15) is 13.2 Å². The van der Waals surface area contributed by atoms with E-state index in [0.717, 1.165) is 0 Å². The molecule has 0 aromatic carbocycles. The maximum absolute atomic E-state index is 12.1. The molecule has 1 atom stereocenters. The monoisotopic (exact) mass is 387 g/mol. The van der Waals surface area contributed by atoms with E-state index in [1.807, 2.05) is 6.26 Å². The van der Waals surface area contributed by atoms with Gasteiger partial charge in [-0.2, -0.15) is 16.5 Å². The maximum Gasteiger partial charge on any atom is 0.321 e. The van der Waals surface area contributed by atoms with Crippen molar-refractivity contribution in [1.29, 1.82) is 0 Å². The molecule has 1 aromatic rings. The molecule has 1 heterocycles. The number of thioether (sulfide) groups is 1. The van der Waals surface area contributed by atoms with Crippen LogP contribution in [0.5, 0.6) is 0 Å². The first-order chi connectivity index (χ1) is 8.77. The summed E-state index contributed by atoms with van der Waals surface area (Å²) in [5.74, 6) is -0.587. The molecular weight excluding hydrogens is 374 g/mol. The molecule has 0 aliphatic heterocycles. The lowest BCUT2D eigenvalue weighted by molar-refractivity contribution is -0.139. The number of rotatable bonds is 7. The van der Waals surface area contributed by atoms with Gasteiger partial charge in [-0.25, -0.2) is 8.42 Å². The third-order valence-electron chi connectivity index (χ3n) is 2.34. The summed E-state index contributed by atoms with van der Waals surface area (Å²) in [5.41, 5.74) is 0. The Kier molecular flexibility index (Phi) is 6.31. The van der Waals surface area contributed by atoms with E-state index in [1.165, 1.54) is 29.2 Å². The molecule has 2 N–H and O–H groups in total. The van der Waals surface area contributed by atoms with Crippen LogP contribution in [0.4, 0.5) is 0 Å². The molecule has 0 saturated heterocycles. The fourth-order valence-corrected chi connectivity index (χ4v) is 5.53. The smallest absolute Gasteiger partial charge is 0.321 e. The molecule has 0 fully saturated rings. The minimum atomic E-state index is -3.80. The lowest BCUT2D eigenvalue weighted by atomic mass is 10.2. The fraction of sp³-hybridized carbons (Fsp3) is 0.500. The lowest BCUT2D eigenvalue weighted by Gasteiger charge is -2.14. The Hall–Kier alpha value is -0.0900. The van der Waals surface area contributed by atoms with Crippen LogP contribution >= 0.6 is 39.0 Å². The van der Waals surface area contributed by atoms with E-state index in [4.69, 9.17) is 5.11 Å². The van der Waals surface area contributed by atoms with Crippen LogP contribution < -0.4 is 4.72 Å². The van der Waals surface area contributed by atoms with Gasteiger partial charge in [0, 0.05) is 4.88 Å². The normalized spacial score (nSPS) is 13.4. The van der Waals surface area contributed by atoms with E-state index in [2.05, 4.69) is 20.7 Å². The Balaban J connectivity index is 2.94. The van der Waals surface area contributed by atoms with E-state index in [0.29, 0.717) is 14.4 Å². The van der Waals surface area contributed by atoms with Crippen LogP contribution in [0.2, 0.25) is 0 Å². The topological polar surface area (TPSA) is 83.5 Å². The Labute approximate surface area is 129 Å². The standard InChI is InChI=1S/C10H14BrNO4S3/c1-6-8(5-9(11)18-6)19(15,16)12-7(10(13)14)3-4-17-2/h5,7,12H,3-4H2,1-2H3,(H,13,14)/t7-/m1/s1. The molecule has 5 nitrogen and oxygen atoms in total. The minimum absolute atomic E-state index is 0.125. The van der Waals surface area contributed by atoms with Gasteiger partial charge in [0.1, 0.15) is 6.04 Å². The summed E-state index contributed by atoms with van der Waals surface area (Å²) >= 11 is 5.99. The highest BCUT2D eigenvalue weighted by atomic mass is 79.9. The zero-order valence-electron chi connectivity index (χ0n) is 10.3. The molecule has 0 spiro atoms. The third-order valence-corrected chi connectivity index (χ3v) is 6.26. The van der Waals surface area contributed by atoms with Crippen LogP contribution in [-0.2, 0) is 14.8 Å². The zero-order chi connectivity index (χ0) is 14.6. The molecular formula is C10H14BrNO4S3. The average molecular weight is 388 g/mol. The average Bonchev–Trinajstić information content (AvgIpc) is 2.64. The fourth-order valence-electron chi connectivity index (χ4n) is 1.42. The van der Waals surface area contributed by atoms with Crippen molar-refractivity contribution in [2.24, 2.45) is 0 Å². The molecule has 0 unspecified atom stereocenters. The predicted octanol–water partition coefficient (Wildman–Crippen LogP) is 2.30. The van der Waals surface area contributed by atoms with Crippen molar-refractivity contribution >= 4 is 55.0 Å². The number of thiophene rings is 1. The van der Waals surface area contributed by atoms with Gasteiger partial charge in [0.05, 0.1) is 8.68 Å². The quantitative estimate of drug-likeness (QED) is 0.749. The maximum atomic E-state index is 12.1. The van der Waals surface area contributed by atoms with Gasteiger partial charge in [-0.05, 0) is 47.3 Å². The molecule has 0 radical (unpaired) electrons. The van der Waals surface area contributed by atoms with Gasteiger partial charge in [-0.3, -0.25) is 4.79 Å². The number of hydrogen-bond donors (Lipinski definition) is 2. The van der Waals surface area contributed by atoms with Crippen molar-refractivity contribution in [2.45, 2.75) is 24.3 Å².